The Morgan fingerprint density at radius 3 is 1.68 bits per heavy atom. The van der Waals surface area contributed by atoms with E-state index in [-0.39, 0.29) is 24.5 Å². The molecule has 1 N–H and O–H groups in total. The van der Waals surface area contributed by atoms with E-state index in [4.69, 9.17) is 5.11 Å². The van der Waals surface area contributed by atoms with E-state index >= 15 is 0 Å². The highest BCUT2D eigenvalue weighted by Crippen LogP contribution is 2.36. The summed E-state index contributed by atoms with van der Waals surface area (Å²) in [6.07, 6.45) is -9.34. The van der Waals surface area contributed by atoms with Crippen LogP contribution in [0.15, 0.2) is 30.5 Å². The maximum Gasteiger partial charge on any atom is 0.416 e. The van der Waals surface area contributed by atoms with Crippen molar-refractivity contribution < 1.29 is 36.2 Å². The summed E-state index contributed by atoms with van der Waals surface area (Å²) in [7, 11) is 0. The van der Waals surface area contributed by atoms with Crippen LogP contribution in [0.2, 0.25) is 0 Å². The molecule has 1 aromatic carbocycles. The van der Waals surface area contributed by atoms with Crippen molar-refractivity contribution in [2.24, 2.45) is 0 Å². The molecule has 19 heavy (non-hydrogen) atoms. The van der Waals surface area contributed by atoms with Crippen molar-refractivity contribution in [1.82, 2.24) is 0 Å². The Labute approximate surface area is 103 Å². The molecule has 104 valence electrons. The molecule has 0 aliphatic carbocycles. The Morgan fingerprint density at radius 1 is 0.947 bits per heavy atom. The average molecular weight is 284 g/mol. The first-order valence-corrected chi connectivity index (χ1v) is 4.70. The van der Waals surface area contributed by atoms with Crippen LogP contribution in [0.5, 0.6) is 0 Å². The number of carbonyl (C=O) groups is 1. The lowest BCUT2D eigenvalue weighted by Gasteiger charge is -2.13. The van der Waals surface area contributed by atoms with Gasteiger partial charge in [-0.25, -0.2) is 0 Å². The van der Waals surface area contributed by atoms with Gasteiger partial charge in [0.05, 0.1) is 17.4 Å². The van der Waals surface area contributed by atoms with Gasteiger partial charge in [-0.1, -0.05) is 0 Å². The number of carbonyl (C=O) groups excluding carboxylic acids is 1. The van der Waals surface area contributed by atoms with Gasteiger partial charge in [0, 0.05) is 11.6 Å². The number of hydrogen-bond donors (Lipinski definition) is 1. The van der Waals surface area contributed by atoms with Crippen molar-refractivity contribution in [2.75, 3.05) is 0 Å². The predicted octanol–water partition coefficient (Wildman–Crippen LogP) is 3.98. The second-order valence-electron chi connectivity index (χ2n) is 3.47. The zero-order chi connectivity index (χ0) is 14.8. The normalized spacial score (nSPS) is 12.9. The fraction of sp³-hybridized carbons (Fsp3) is 0.182. The average Bonchev–Trinajstić information content (AvgIpc) is 2.26. The summed E-state index contributed by atoms with van der Waals surface area (Å²) in [4.78, 5) is 11.2. The molecule has 0 aliphatic rings. The summed E-state index contributed by atoms with van der Waals surface area (Å²) >= 11 is 0. The highest BCUT2D eigenvalue weighted by atomic mass is 19.4. The topological polar surface area (TPSA) is 37.3 Å². The zero-order valence-electron chi connectivity index (χ0n) is 9.01. The lowest BCUT2D eigenvalue weighted by atomic mass is 10.0. The number of aliphatic hydroxyl groups is 1. The number of halogens is 6. The van der Waals surface area contributed by atoms with E-state index in [2.05, 4.69) is 0 Å². The fourth-order valence-electron chi connectivity index (χ4n) is 1.26. The van der Waals surface area contributed by atoms with E-state index in [0.717, 1.165) is 0 Å². The Bertz CT molecular complexity index is 481. The standard InChI is InChI=1S/C11H6F6O2/c12-10(13,14)7-3-6(9(19)1-2-18)4-8(5-7)11(15,16)17/h1-5,18H. The summed E-state index contributed by atoms with van der Waals surface area (Å²) in [5, 5.41) is 8.31. The molecule has 0 unspecified atom stereocenters. The monoisotopic (exact) mass is 284 g/mol. The van der Waals surface area contributed by atoms with Crippen molar-refractivity contribution in [1.29, 1.82) is 0 Å². The second kappa shape index (κ2) is 4.94. The van der Waals surface area contributed by atoms with E-state index in [1.165, 1.54) is 0 Å². The number of ketones is 1. The molecule has 0 amide bonds. The maximum absolute atomic E-state index is 12.4. The third-order valence-electron chi connectivity index (χ3n) is 2.10. The quantitative estimate of drug-likeness (QED) is 0.386. The second-order valence-corrected chi connectivity index (χ2v) is 3.47. The Kier molecular flexibility index (Phi) is 3.92. The lowest BCUT2D eigenvalue weighted by molar-refractivity contribution is -0.143. The smallest absolute Gasteiger partial charge is 0.416 e. The Balaban J connectivity index is 3.45. The van der Waals surface area contributed by atoms with E-state index in [0.29, 0.717) is 6.08 Å². The number of allylic oxidation sites excluding steroid dienone is 1. The summed E-state index contributed by atoms with van der Waals surface area (Å²) in [5.41, 5.74) is -3.98. The van der Waals surface area contributed by atoms with Crippen molar-refractivity contribution in [2.45, 2.75) is 12.4 Å². The highest BCUT2D eigenvalue weighted by molar-refractivity contribution is 6.04. The molecule has 1 aromatic rings. The first-order chi connectivity index (χ1) is 8.55. The molecule has 0 heterocycles. The van der Waals surface area contributed by atoms with E-state index in [1.807, 2.05) is 0 Å². The molecule has 2 nitrogen and oxygen atoms in total. The van der Waals surface area contributed by atoms with Crippen LogP contribution >= 0.6 is 0 Å². The lowest BCUT2D eigenvalue weighted by Crippen LogP contribution is -2.13. The van der Waals surface area contributed by atoms with Crippen molar-refractivity contribution in [3.63, 3.8) is 0 Å². The largest absolute Gasteiger partial charge is 0.515 e. The minimum absolute atomic E-state index is 0.0839. The molecule has 0 radical (unpaired) electrons. The number of benzene rings is 1. The van der Waals surface area contributed by atoms with Gasteiger partial charge < -0.3 is 5.11 Å². The first-order valence-electron chi connectivity index (χ1n) is 4.70. The molecular weight excluding hydrogens is 278 g/mol. The van der Waals surface area contributed by atoms with Crippen LogP contribution in [0.3, 0.4) is 0 Å². The summed E-state index contributed by atoms with van der Waals surface area (Å²) in [5.74, 6) is -1.17. The fourth-order valence-corrected chi connectivity index (χ4v) is 1.26. The molecule has 8 heteroatoms. The summed E-state index contributed by atoms with van der Waals surface area (Å²) in [6, 6.07) is 0.495. The van der Waals surface area contributed by atoms with Crippen LogP contribution < -0.4 is 0 Å². The van der Waals surface area contributed by atoms with E-state index < -0.39 is 34.8 Å². The maximum atomic E-state index is 12.4. The van der Waals surface area contributed by atoms with Gasteiger partial charge in [-0.3, -0.25) is 4.79 Å². The van der Waals surface area contributed by atoms with Crippen molar-refractivity contribution in [3.05, 3.63) is 47.2 Å². The van der Waals surface area contributed by atoms with Gasteiger partial charge in [0.25, 0.3) is 0 Å². The number of hydrogen-bond acceptors (Lipinski definition) is 2. The van der Waals surface area contributed by atoms with E-state index in [1.54, 1.807) is 0 Å². The predicted molar refractivity (Wildman–Crippen MR) is 52.5 cm³/mol. The molecule has 0 atom stereocenters. The summed E-state index contributed by atoms with van der Waals surface area (Å²) < 4.78 is 74.6. The van der Waals surface area contributed by atoms with Crippen LogP contribution in [0.1, 0.15) is 21.5 Å². The molecule has 0 aromatic heterocycles. The Morgan fingerprint density at radius 2 is 1.37 bits per heavy atom. The van der Waals surface area contributed by atoms with Crippen LogP contribution in [0.4, 0.5) is 26.3 Å². The van der Waals surface area contributed by atoms with Gasteiger partial charge >= 0.3 is 12.4 Å². The van der Waals surface area contributed by atoms with Gasteiger partial charge in [0.2, 0.25) is 0 Å². The Hall–Kier alpha value is -1.99. The minimum atomic E-state index is -5.01. The third-order valence-corrected chi connectivity index (χ3v) is 2.10. The SMILES string of the molecule is O=C(C=CO)c1cc(C(F)(F)F)cc(C(F)(F)F)c1. The molecule has 0 aliphatic heterocycles. The zero-order valence-corrected chi connectivity index (χ0v) is 9.01. The number of alkyl halides is 6. The molecular formula is C11H6F6O2. The first kappa shape index (κ1) is 15.1. The molecule has 0 saturated heterocycles. The minimum Gasteiger partial charge on any atom is -0.515 e. The van der Waals surface area contributed by atoms with Gasteiger partial charge in [0.1, 0.15) is 0 Å². The molecule has 0 spiro atoms. The van der Waals surface area contributed by atoms with Crippen molar-refractivity contribution in [3.8, 4) is 0 Å². The molecule has 0 saturated carbocycles. The highest BCUT2D eigenvalue weighted by Gasteiger charge is 2.37. The van der Waals surface area contributed by atoms with Crippen LogP contribution in [-0.4, -0.2) is 10.9 Å². The molecule has 0 fully saturated rings. The third kappa shape index (κ3) is 3.73. The van der Waals surface area contributed by atoms with Crippen molar-refractivity contribution >= 4 is 5.78 Å². The van der Waals surface area contributed by atoms with Crippen LogP contribution in [0.25, 0.3) is 0 Å². The van der Waals surface area contributed by atoms with Crippen LogP contribution in [0, 0.1) is 0 Å². The summed E-state index contributed by atoms with van der Waals surface area (Å²) in [6.45, 7) is 0. The number of rotatable bonds is 2. The molecule has 0 bridgehead atoms. The van der Waals surface area contributed by atoms with Gasteiger partial charge in [-0.05, 0) is 18.2 Å². The molecule has 1 rings (SSSR count). The number of aliphatic hydroxyl groups excluding tert-OH is 1. The van der Waals surface area contributed by atoms with Crippen LogP contribution in [-0.2, 0) is 12.4 Å². The van der Waals surface area contributed by atoms with Gasteiger partial charge in [-0.2, -0.15) is 26.3 Å². The van der Waals surface area contributed by atoms with E-state index in [9.17, 15) is 31.1 Å². The van der Waals surface area contributed by atoms with Gasteiger partial charge in [-0.15, -0.1) is 0 Å². The van der Waals surface area contributed by atoms with Gasteiger partial charge in [0.15, 0.2) is 5.78 Å².